The summed E-state index contributed by atoms with van der Waals surface area (Å²) in [6.07, 6.45) is 3.41. The van der Waals surface area contributed by atoms with Crippen molar-refractivity contribution < 1.29 is 9.59 Å². The molecule has 1 heterocycles. The molecule has 1 unspecified atom stereocenters. The molecule has 2 N–H and O–H groups in total. The van der Waals surface area contributed by atoms with E-state index in [1.807, 2.05) is 0 Å². The summed E-state index contributed by atoms with van der Waals surface area (Å²) < 4.78 is 0. The van der Waals surface area contributed by atoms with E-state index in [0.29, 0.717) is 19.4 Å². The molecule has 0 aliphatic carbocycles. The molecular formula is C9H14N2O2. The monoisotopic (exact) mass is 182 g/mol. The maximum absolute atomic E-state index is 11.3. The Bertz CT molecular complexity index is 238. The van der Waals surface area contributed by atoms with Crippen molar-refractivity contribution in [1.29, 1.82) is 0 Å². The van der Waals surface area contributed by atoms with E-state index in [0.717, 1.165) is 6.42 Å². The van der Waals surface area contributed by atoms with Gasteiger partial charge in [-0.05, 0) is 12.8 Å². The van der Waals surface area contributed by atoms with Crippen molar-refractivity contribution in [2.45, 2.75) is 25.3 Å². The topological polar surface area (TPSA) is 63.4 Å². The van der Waals surface area contributed by atoms with Gasteiger partial charge in [-0.15, -0.1) is 6.58 Å². The number of carbonyl (C=O) groups excluding carboxylic acids is 2. The summed E-state index contributed by atoms with van der Waals surface area (Å²) in [5.41, 5.74) is 5.18. The number of nitrogens with zero attached hydrogens (tertiary/aromatic N) is 1. The molecule has 1 rings (SSSR count). The molecule has 0 saturated carbocycles. The molecule has 1 saturated heterocycles. The molecule has 0 aromatic rings. The molecule has 4 heteroatoms. The van der Waals surface area contributed by atoms with Gasteiger partial charge < -0.3 is 10.6 Å². The van der Waals surface area contributed by atoms with Crippen LogP contribution in [0, 0.1) is 0 Å². The van der Waals surface area contributed by atoms with Gasteiger partial charge in [0.25, 0.3) is 0 Å². The second-order valence-corrected chi connectivity index (χ2v) is 3.13. The zero-order chi connectivity index (χ0) is 9.84. The van der Waals surface area contributed by atoms with E-state index < -0.39 is 11.9 Å². The molecule has 0 aromatic carbocycles. The van der Waals surface area contributed by atoms with E-state index in [2.05, 4.69) is 6.58 Å². The van der Waals surface area contributed by atoms with Crippen LogP contribution in [-0.2, 0) is 9.59 Å². The summed E-state index contributed by atoms with van der Waals surface area (Å²) in [6, 6.07) is -0.493. The smallest absolute Gasteiger partial charge is 0.240 e. The molecule has 0 aromatic heterocycles. The predicted octanol–water partition coefficient (Wildman–Crippen LogP) is 0.0388. The lowest BCUT2D eigenvalue weighted by molar-refractivity contribution is -0.135. The quantitative estimate of drug-likeness (QED) is 0.624. The van der Waals surface area contributed by atoms with Crippen molar-refractivity contribution in [2.24, 2.45) is 5.73 Å². The number of carbonyl (C=O) groups is 2. The lowest BCUT2D eigenvalue weighted by Crippen LogP contribution is -2.45. The van der Waals surface area contributed by atoms with Gasteiger partial charge in [0, 0.05) is 13.0 Å². The molecule has 1 fully saturated rings. The summed E-state index contributed by atoms with van der Waals surface area (Å²) >= 11 is 0. The molecule has 72 valence electrons. The SMILES string of the molecule is C=CCC(C(N)=O)N1CCCC1=O. The number of primary amides is 1. The van der Waals surface area contributed by atoms with Crippen LogP contribution in [-0.4, -0.2) is 29.3 Å². The van der Waals surface area contributed by atoms with Crippen LogP contribution in [0.4, 0.5) is 0 Å². The Labute approximate surface area is 77.4 Å². The Morgan fingerprint density at radius 3 is 2.85 bits per heavy atom. The van der Waals surface area contributed by atoms with Crippen molar-refractivity contribution in [3.05, 3.63) is 12.7 Å². The van der Waals surface area contributed by atoms with Crippen LogP contribution in [0.2, 0.25) is 0 Å². The number of hydrogen-bond donors (Lipinski definition) is 1. The highest BCUT2D eigenvalue weighted by Gasteiger charge is 2.30. The standard InChI is InChI=1S/C9H14N2O2/c1-2-4-7(9(10)13)11-6-3-5-8(11)12/h2,7H,1,3-6H2,(H2,10,13). The van der Waals surface area contributed by atoms with Crippen LogP contribution in [0.1, 0.15) is 19.3 Å². The van der Waals surface area contributed by atoms with Gasteiger partial charge in [-0.25, -0.2) is 0 Å². The molecule has 0 spiro atoms. The Morgan fingerprint density at radius 2 is 2.46 bits per heavy atom. The summed E-state index contributed by atoms with van der Waals surface area (Å²) in [5.74, 6) is -0.430. The first-order chi connectivity index (χ1) is 6.16. The van der Waals surface area contributed by atoms with Crippen LogP contribution < -0.4 is 5.73 Å². The van der Waals surface area contributed by atoms with E-state index >= 15 is 0 Å². The maximum Gasteiger partial charge on any atom is 0.240 e. The average molecular weight is 182 g/mol. The Morgan fingerprint density at radius 1 is 1.77 bits per heavy atom. The van der Waals surface area contributed by atoms with Crippen molar-refractivity contribution in [2.75, 3.05) is 6.54 Å². The predicted molar refractivity (Wildman–Crippen MR) is 48.7 cm³/mol. The Kier molecular flexibility index (Phi) is 3.06. The van der Waals surface area contributed by atoms with Gasteiger partial charge in [0.15, 0.2) is 0 Å². The molecule has 2 amide bonds. The van der Waals surface area contributed by atoms with Gasteiger partial charge in [-0.3, -0.25) is 9.59 Å². The van der Waals surface area contributed by atoms with Gasteiger partial charge in [0.1, 0.15) is 6.04 Å². The van der Waals surface area contributed by atoms with Crippen LogP contribution in [0.5, 0.6) is 0 Å². The molecule has 0 radical (unpaired) electrons. The van der Waals surface area contributed by atoms with E-state index in [4.69, 9.17) is 5.73 Å². The fraction of sp³-hybridized carbons (Fsp3) is 0.556. The van der Waals surface area contributed by atoms with Crippen molar-refractivity contribution in [3.8, 4) is 0 Å². The highest BCUT2D eigenvalue weighted by Crippen LogP contribution is 2.15. The van der Waals surface area contributed by atoms with E-state index in [1.54, 1.807) is 11.0 Å². The third-order valence-electron chi connectivity index (χ3n) is 2.20. The third kappa shape index (κ3) is 2.08. The first-order valence-corrected chi connectivity index (χ1v) is 4.36. The van der Waals surface area contributed by atoms with Crippen LogP contribution in [0.15, 0.2) is 12.7 Å². The Balaban J connectivity index is 2.68. The molecule has 13 heavy (non-hydrogen) atoms. The summed E-state index contributed by atoms with van der Waals surface area (Å²) in [5, 5.41) is 0. The first kappa shape index (κ1) is 9.77. The second kappa shape index (κ2) is 4.07. The molecule has 4 nitrogen and oxygen atoms in total. The van der Waals surface area contributed by atoms with Gasteiger partial charge in [-0.1, -0.05) is 6.08 Å². The summed E-state index contributed by atoms with van der Waals surface area (Å²) in [7, 11) is 0. The van der Waals surface area contributed by atoms with E-state index in [1.165, 1.54) is 0 Å². The zero-order valence-electron chi connectivity index (χ0n) is 7.53. The van der Waals surface area contributed by atoms with Crippen molar-refractivity contribution in [3.63, 3.8) is 0 Å². The molecule has 0 bridgehead atoms. The normalized spacial score (nSPS) is 18.8. The molecule has 1 aliphatic rings. The lowest BCUT2D eigenvalue weighted by atomic mass is 10.1. The van der Waals surface area contributed by atoms with Crippen LogP contribution >= 0.6 is 0 Å². The number of hydrogen-bond acceptors (Lipinski definition) is 2. The summed E-state index contributed by atoms with van der Waals surface area (Å²) in [4.78, 5) is 23.8. The van der Waals surface area contributed by atoms with E-state index in [9.17, 15) is 9.59 Å². The fourth-order valence-corrected chi connectivity index (χ4v) is 1.55. The third-order valence-corrected chi connectivity index (χ3v) is 2.20. The van der Waals surface area contributed by atoms with Gasteiger partial charge in [-0.2, -0.15) is 0 Å². The number of likely N-dealkylation sites (tertiary alicyclic amines) is 1. The lowest BCUT2D eigenvalue weighted by Gasteiger charge is -2.23. The van der Waals surface area contributed by atoms with Crippen molar-refractivity contribution >= 4 is 11.8 Å². The molecule has 1 aliphatic heterocycles. The van der Waals surface area contributed by atoms with Gasteiger partial charge >= 0.3 is 0 Å². The first-order valence-electron chi connectivity index (χ1n) is 4.36. The molecule has 1 atom stereocenters. The Hall–Kier alpha value is -1.32. The maximum atomic E-state index is 11.3. The number of nitrogens with two attached hydrogens (primary N) is 1. The minimum Gasteiger partial charge on any atom is -0.368 e. The number of rotatable bonds is 4. The number of amides is 2. The molecular weight excluding hydrogens is 168 g/mol. The highest BCUT2D eigenvalue weighted by molar-refractivity contribution is 5.87. The largest absolute Gasteiger partial charge is 0.368 e. The average Bonchev–Trinajstić information content (AvgIpc) is 2.47. The minimum absolute atomic E-state index is 0.0191. The van der Waals surface area contributed by atoms with Gasteiger partial charge in [0.05, 0.1) is 0 Å². The van der Waals surface area contributed by atoms with Crippen LogP contribution in [0.25, 0.3) is 0 Å². The van der Waals surface area contributed by atoms with Gasteiger partial charge in [0.2, 0.25) is 11.8 Å². The fourth-order valence-electron chi connectivity index (χ4n) is 1.55. The van der Waals surface area contributed by atoms with Crippen LogP contribution in [0.3, 0.4) is 0 Å². The minimum atomic E-state index is -0.493. The van der Waals surface area contributed by atoms with E-state index in [-0.39, 0.29) is 5.91 Å². The zero-order valence-corrected chi connectivity index (χ0v) is 7.53. The van der Waals surface area contributed by atoms with Crippen molar-refractivity contribution in [1.82, 2.24) is 4.90 Å². The highest BCUT2D eigenvalue weighted by atomic mass is 16.2. The second-order valence-electron chi connectivity index (χ2n) is 3.13. The summed E-state index contributed by atoms with van der Waals surface area (Å²) in [6.45, 7) is 4.17.